The minimum absolute atomic E-state index is 0.0398. The lowest BCUT2D eigenvalue weighted by molar-refractivity contribution is -0.147. The summed E-state index contributed by atoms with van der Waals surface area (Å²) < 4.78 is 5.66. The maximum atomic E-state index is 11.9. The highest BCUT2D eigenvalue weighted by Crippen LogP contribution is 2.37. The second-order valence-corrected chi connectivity index (χ2v) is 8.09. The molecule has 3 heterocycles. The van der Waals surface area contributed by atoms with E-state index < -0.39 is 23.9 Å². The maximum Gasteiger partial charge on any atom is 0.394 e. The minimum Gasteiger partial charge on any atom is -0.478 e. The molecule has 1 atom stereocenters. The number of carbonyl (C=O) groups excluding carboxylic acids is 2. The first-order chi connectivity index (χ1) is 13.8. The third kappa shape index (κ3) is 5.08. The van der Waals surface area contributed by atoms with Gasteiger partial charge in [0.05, 0.1) is 18.3 Å². The predicted molar refractivity (Wildman–Crippen MR) is 106 cm³/mol. The predicted octanol–water partition coefficient (Wildman–Crippen LogP) is 1.80. The third-order valence-electron chi connectivity index (χ3n) is 4.05. The molecule has 152 valence electrons. The van der Waals surface area contributed by atoms with Gasteiger partial charge in [-0.1, -0.05) is 6.07 Å². The molecule has 0 saturated carbocycles. The van der Waals surface area contributed by atoms with Crippen LogP contribution in [0, 0.1) is 0 Å². The third-order valence-corrected chi connectivity index (χ3v) is 6.01. The Hall–Kier alpha value is -3.02. The van der Waals surface area contributed by atoms with Crippen molar-refractivity contribution in [3.8, 4) is 0 Å². The Morgan fingerprint density at radius 3 is 2.72 bits per heavy atom. The highest BCUT2D eigenvalue weighted by atomic mass is 32.1. The van der Waals surface area contributed by atoms with Crippen molar-refractivity contribution in [2.45, 2.75) is 19.1 Å². The second kappa shape index (κ2) is 8.99. The summed E-state index contributed by atoms with van der Waals surface area (Å²) in [6, 6.07) is 3.76. The number of anilines is 1. The van der Waals surface area contributed by atoms with Crippen LogP contribution < -0.4 is 10.6 Å². The molecule has 0 aliphatic carbocycles. The molecule has 0 spiro atoms. The highest BCUT2D eigenvalue weighted by Gasteiger charge is 2.31. The molecule has 0 fully saturated rings. The van der Waals surface area contributed by atoms with Crippen molar-refractivity contribution in [2.24, 2.45) is 0 Å². The first-order valence-corrected chi connectivity index (χ1v) is 10.1. The molecular formula is C18H16N2O7S2. The van der Waals surface area contributed by atoms with Crippen LogP contribution in [0.15, 0.2) is 23.6 Å². The summed E-state index contributed by atoms with van der Waals surface area (Å²) in [5.74, 6) is -4.59. The van der Waals surface area contributed by atoms with Gasteiger partial charge in [-0.05, 0) is 23.1 Å². The SMILES string of the molecule is O=C(C=Cc1cccs1)NCC1Cc2c(sc(NC(=O)C(=O)O)c2C(=O)O)CO1. The van der Waals surface area contributed by atoms with Crippen molar-refractivity contribution in [1.82, 2.24) is 5.32 Å². The number of carboxylic acid groups (broad SMARTS) is 2. The monoisotopic (exact) mass is 436 g/mol. The van der Waals surface area contributed by atoms with E-state index in [9.17, 15) is 24.3 Å². The van der Waals surface area contributed by atoms with Gasteiger partial charge in [-0.25, -0.2) is 9.59 Å². The lowest BCUT2D eigenvalue weighted by Crippen LogP contribution is -2.36. The summed E-state index contributed by atoms with van der Waals surface area (Å²) in [5.41, 5.74) is 0.333. The van der Waals surface area contributed by atoms with Crippen LogP contribution in [-0.4, -0.2) is 46.6 Å². The van der Waals surface area contributed by atoms with Crippen LogP contribution in [0.25, 0.3) is 6.08 Å². The number of carbonyl (C=O) groups is 4. The molecule has 29 heavy (non-hydrogen) atoms. The van der Waals surface area contributed by atoms with E-state index in [4.69, 9.17) is 9.84 Å². The van der Waals surface area contributed by atoms with Crippen LogP contribution >= 0.6 is 22.7 Å². The molecule has 9 nitrogen and oxygen atoms in total. The first kappa shape index (κ1) is 20.7. The van der Waals surface area contributed by atoms with Crippen LogP contribution in [0.3, 0.4) is 0 Å². The van der Waals surface area contributed by atoms with Gasteiger partial charge < -0.3 is 25.6 Å². The first-order valence-electron chi connectivity index (χ1n) is 8.38. The van der Waals surface area contributed by atoms with Gasteiger partial charge >= 0.3 is 17.8 Å². The molecule has 4 N–H and O–H groups in total. The zero-order valence-electron chi connectivity index (χ0n) is 14.8. The van der Waals surface area contributed by atoms with Crippen molar-refractivity contribution in [3.05, 3.63) is 44.5 Å². The summed E-state index contributed by atoms with van der Waals surface area (Å²) in [7, 11) is 0. The van der Waals surface area contributed by atoms with Crippen LogP contribution in [0.4, 0.5) is 5.00 Å². The number of fused-ring (bicyclic) bond motifs is 1. The Kier molecular flexibility index (Phi) is 6.42. The molecule has 0 radical (unpaired) electrons. The number of amides is 2. The summed E-state index contributed by atoms with van der Waals surface area (Å²) >= 11 is 2.47. The number of hydrogen-bond acceptors (Lipinski definition) is 7. The number of aromatic carboxylic acids is 1. The van der Waals surface area contributed by atoms with Gasteiger partial charge in [0.1, 0.15) is 5.00 Å². The van der Waals surface area contributed by atoms with Gasteiger partial charge in [0.15, 0.2) is 0 Å². The lowest BCUT2D eigenvalue weighted by atomic mass is 10.0. The van der Waals surface area contributed by atoms with E-state index in [-0.39, 0.29) is 36.0 Å². The molecule has 0 bridgehead atoms. The standard InChI is InChI=1S/C18H16N2O7S2/c21-13(4-3-10-2-1-5-28-10)19-7-9-6-11-12(8-27-9)29-16(14(11)17(23)24)20-15(22)18(25)26/h1-5,9H,6-8H2,(H,19,21)(H,20,22)(H,23,24)(H,25,26). The second-order valence-electron chi connectivity index (χ2n) is 6.00. The molecule has 2 aromatic heterocycles. The molecule has 1 unspecified atom stereocenters. The van der Waals surface area contributed by atoms with Gasteiger partial charge in [-0.3, -0.25) is 9.59 Å². The molecule has 3 rings (SSSR count). The van der Waals surface area contributed by atoms with Gasteiger partial charge in [-0.15, -0.1) is 22.7 Å². The zero-order chi connectivity index (χ0) is 21.0. The summed E-state index contributed by atoms with van der Waals surface area (Å²) in [6.07, 6.45) is 2.87. The summed E-state index contributed by atoms with van der Waals surface area (Å²) in [4.78, 5) is 47.3. The topological polar surface area (TPSA) is 142 Å². The fourth-order valence-corrected chi connectivity index (χ4v) is 4.50. The molecular weight excluding hydrogens is 420 g/mol. The molecule has 1 aliphatic heterocycles. The van der Waals surface area contributed by atoms with Gasteiger partial charge in [-0.2, -0.15) is 0 Å². The lowest BCUT2D eigenvalue weighted by Gasteiger charge is -2.23. The van der Waals surface area contributed by atoms with Crippen molar-refractivity contribution in [3.63, 3.8) is 0 Å². The Bertz CT molecular complexity index is 979. The number of hydrogen-bond donors (Lipinski definition) is 4. The van der Waals surface area contributed by atoms with E-state index >= 15 is 0 Å². The summed E-state index contributed by atoms with van der Waals surface area (Å²) in [5, 5.41) is 24.9. The maximum absolute atomic E-state index is 11.9. The minimum atomic E-state index is -1.71. The Morgan fingerprint density at radius 2 is 2.07 bits per heavy atom. The molecule has 1 aliphatic rings. The quantitative estimate of drug-likeness (QED) is 0.399. The average Bonchev–Trinajstić information content (AvgIpc) is 3.31. The van der Waals surface area contributed by atoms with Crippen molar-refractivity contribution < 1.29 is 34.1 Å². The van der Waals surface area contributed by atoms with Crippen molar-refractivity contribution in [1.29, 1.82) is 0 Å². The van der Waals surface area contributed by atoms with Crippen LogP contribution in [0.5, 0.6) is 0 Å². The molecule has 11 heteroatoms. The fourth-order valence-electron chi connectivity index (χ4n) is 2.74. The van der Waals surface area contributed by atoms with Crippen LogP contribution in [0.1, 0.15) is 25.7 Å². The van der Waals surface area contributed by atoms with Crippen LogP contribution in [0.2, 0.25) is 0 Å². The molecule has 2 amide bonds. The normalized spacial score (nSPS) is 15.7. The van der Waals surface area contributed by atoms with Crippen LogP contribution in [-0.2, 0) is 32.1 Å². The van der Waals surface area contributed by atoms with E-state index in [1.807, 2.05) is 17.5 Å². The van der Waals surface area contributed by atoms with E-state index in [0.29, 0.717) is 10.4 Å². The number of aliphatic carboxylic acids is 1. The fraction of sp³-hybridized carbons (Fsp3) is 0.222. The number of ether oxygens (including phenoxy) is 1. The molecule has 2 aromatic rings. The Morgan fingerprint density at radius 1 is 1.28 bits per heavy atom. The van der Waals surface area contributed by atoms with Gasteiger partial charge in [0.2, 0.25) is 5.91 Å². The van der Waals surface area contributed by atoms with E-state index in [2.05, 4.69) is 10.6 Å². The average molecular weight is 436 g/mol. The Labute approximate surface area is 172 Å². The van der Waals surface area contributed by atoms with Gasteiger partial charge in [0.25, 0.3) is 0 Å². The van der Waals surface area contributed by atoms with Gasteiger partial charge in [0, 0.05) is 28.8 Å². The molecule has 0 saturated heterocycles. The smallest absolute Gasteiger partial charge is 0.394 e. The number of nitrogens with one attached hydrogen (secondary N) is 2. The van der Waals surface area contributed by atoms with Crippen molar-refractivity contribution >= 4 is 57.5 Å². The number of rotatable bonds is 6. The number of carboxylic acids is 2. The van der Waals surface area contributed by atoms with E-state index in [0.717, 1.165) is 16.2 Å². The molecule has 0 aromatic carbocycles. The largest absolute Gasteiger partial charge is 0.478 e. The Balaban J connectivity index is 1.65. The highest BCUT2D eigenvalue weighted by molar-refractivity contribution is 7.17. The van der Waals surface area contributed by atoms with E-state index in [1.165, 1.54) is 17.4 Å². The summed E-state index contributed by atoms with van der Waals surface area (Å²) in [6.45, 7) is 0.285. The zero-order valence-corrected chi connectivity index (χ0v) is 16.5. The van der Waals surface area contributed by atoms with Crippen molar-refractivity contribution in [2.75, 3.05) is 11.9 Å². The van der Waals surface area contributed by atoms with E-state index in [1.54, 1.807) is 6.08 Å². The number of thiophene rings is 2.